The molecule has 0 radical (unpaired) electrons. The van der Waals surface area contributed by atoms with Gasteiger partial charge in [-0.3, -0.25) is 4.79 Å². The van der Waals surface area contributed by atoms with Gasteiger partial charge in [0.25, 0.3) is 0 Å². The van der Waals surface area contributed by atoms with Crippen LogP contribution in [-0.4, -0.2) is 17.0 Å². The van der Waals surface area contributed by atoms with Crippen molar-refractivity contribution in [1.29, 1.82) is 0 Å². The van der Waals surface area contributed by atoms with Gasteiger partial charge in [-0.2, -0.15) is 0 Å². The Kier molecular flexibility index (Phi) is 2.23. The average molecular weight is 208 g/mol. The van der Waals surface area contributed by atoms with Crippen LogP contribution in [0, 0.1) is 0 Å². The Morgan fingerprint density at radius 1 is 1.40 bits per heavy atom. The summed E-state index contributed by atoms with van der Waals surface area (Å²) in [6, 6.07) is 1.82. The standard InChI is InChI=1S/C12H16O3/c1-12(2,3)11-6-8-9(14)4-7(13)5-10(8)15-11/h6-7,13H,4-5H2,1-3H3. The second kappa shape index (κ2) is 3.20. The number of carbonyl (C=O) groups excluding carboxylic acids is 1. The molecule has 0 bridgehead atoms. The van der Waals surface area contributed by atoms with E-state index >= 15 is 0 Å². The van der Waals surface area contributed by atoms with Crippen LogP contribution in [0.4, 0.5) is 0 Å². The summed E-state index contributed by atoms with van der Waals surface area (Å²) in [7, 11) is 0. The zero-order valence-corrected chi connectivity index (χ0v) is 9.33. The summed E-state index contributed by atoms with van der Waals surface area (Å²) < 4.78 is 5.63. The van der Waals surface area contributed by atoms with Crippen molar-refractivity contribution in [2.45, 2.75) is 45.1 Å². The fourth-order valence-corrected chi connectivity index (χ4v) is 1.80. The van der Waals surface area contributed by atoms with E-state index in [0.29, 0.717) is 17.7 Å². The first-order valence-electron chi connectivity index (χ1n) is 5.22. The molecule has 0 saturated heterocycles. The van der Waals surface area contributed by atoms with E-state index in [1.807, 2.05) is 26.8 Å². The Morgan fingerprint density at radius 3 is 2.67 bits per heavy atom. The topological polar surface area (TPSA) is 50.4 Å². The van der Waals surface area contributed by atoms with Crippen LogP contribution in [0.1, 0.15) is 49.1 Å². The molecule has 82 valence electrons. The van der Waals surface area contributed by atoms with E-state index in [4.69, 9.17) is 4.42 Å². The highest BCUT2D eigenvalue weighted by Gasteiger charge is 2.30. The molecule has 0 fully saturated rings. The van der Waals surface area contributed by atoms with E-state index in [-0.39, 0.29) is 17.6 Å². The third kappa shape index (κ3) is 1.84. The van der Waals surface area contributed by atoms with Crippen molar-refractivity contribution in [3.05, 3.63) is 23.2 Å². The summed E-state index contributed by atoms with van der Waals surface area (Å²) in [6.45, 7) is 6.12. The number of hydrogen-bond acceptors (Lipinski definition) is 3. The van der Waals surface area contributed by atoms with E-state index < -0.39 is 6.10 Å². The lowest BCUT2D eigenvalue weighted by Gasteiger charge is -2.15. The Morgan fingerprint density at radius 2 is 2.07 bits per heavy atom. The van der Waals surface area contributed by atoms with Gasteiger partial charge in [-0.25, -0.2) is 0 Å². The predicted molar refractivity (Wildman–Crippen MR) is 56.1 cm³/mol. The zero-order chi connectivity index (χ0) is 11.2. The largest absolute Gasteiger partial charge is 0.465 e. The van der Waals surface area contributed by atoms with Gasteiger partial charge in [-0.15, -0.1) is 0 Å². The molecule has 1 aliphatic carbocycles. The van der Waals surface area contributed by atoms with E-state index in [2.05, 4.69) is 0 Å². The van der Waals surface area contributed by atoms with Gasteiger partial charge in [0, 0.05) is 18.3 Å². The van der Waals surface area contributed by atoms with Crippen LogP contribution < -0.4 is 0 Å². The first kappa shape index (κ1) is 10.4. The molecule has 2 rings (SSSR count). The Hall–Kier alpha value is -1.09. The van der Waals surface area contributed by atoms with Crippen molar-refractivity contribution in [3.8, 4) is 0 Å². The minimum atomic E-state index is -0.580. The fourth-order valence-electron chi connectivity index (χ4n) is 1.80. The van der Waals surface area contributed by atoms with Crippen LogP contribution in [-0.2, 0) is 11.8 Å². The van der Waals surface area contributed by atoms with Gasteiger partial charge in [0.05, 0.1) is 11.7 Å². The first-order valence-corrected chi connectivity index (χ1v) is 5.22. The normalized spacial score (nSPS) is 21.6. The van der Waals surface area contributed by atoms with Gasteiger partial charge in [0.15, 0.2) is 5.78 Å². The highest BCUT2D eigenvalue weighted by atomic mass is 16.3. The monoisotopic (exact) mass is 208 g/mol. The summed E-state index contributed by atoms with van der Waals surface area (Å²) in [5.74, 6) is 1.45. The maximum atomic E-state index is 11.6. The van der Waals surface area contributed by atoms with Crippen LogP contribution in [0.3, 0.4) is 0 Å². The number of ketones is 1. The lowest BCUT2D eigenvalue weighted by atomic mass is 9.91. The lowest BCUT2D eigenvalue weighted by molar-refractivity contribution is 0.0837. The molecule has 0 amide bonds. The van der Waals surface area contributed by atoms with Crippen molar-refractivity contribution in [1.82, 2.24) is 0 Å². The number of furan rings is 1. The minimum Gasteiger partial charge on any atom is -0.465 e. The molecule has 1 aliphatic rings. The van der Waals surface area contributed by atoms with Crippen molar-refractivity contribution in [2.24, 2.45) is 0 Å². The molecular formula is C12H16O3. The van der Waals surface area contributed by atoms with Crippen LogP contribution >= 0.6 is 0 Å². The quantitative estimate of drug-likeness (QED) is 0.710. The average Bonchev–Trinajstić information content (AvgIpc) is 2.46. The van der Waals surface area contributed by atoms with Crippen LogP contribution in [0.5, 0.6) is 0 Å². The minimum absolute atomic E-state index is 0.0111. The summed E-state index contributed by atoms with van der Waals surface area (Å²) >= 11 is 0. The first-order chi connectivity index (χ1) is 6.88. The van der Waals surface area contributed by atoms with Crippen molar-refractivity contribution < 1.29 is 14.3 Å². The molecule has 1 atom stereocenters. The van der Waals surface area contributed by atoms with Crippen LogP contribution in [0.25, 0.3) is 0 Å². The molecular weight excluding hydrogens is 192 g/mol. The number of aliphatic hydroxyl groups excluding tert-OH is 1. The second-order valence-corrected chi connectivity index (χ2v) is 5.18. The van der Waals surface area contributed by atoms with Crippen molar-refractivity contribution in [2.75, 3.05) is 0 Å². The molecule has 1 aromatic heterocycles. The Balaban J connectivity index is 2.44. The summed E-state index contributed by atoms with van der Waals surface area (Å²) in [5, 5.41) is 9.46. The van der Waals surface area contributed by atoms with Gasteiger partial charge in [0.1, 0.15) is 11.5 Å². The SMILES string of the molecule is CC(C)(C)c1cc2c(o1)CC(O)CC2=O. The third-order valence-electron chi connectivity index (χ3n) is 2.69. The number of Topliss-reactive ketones (excluding diaryl/α,β-unsaturated/α-hetero) is 1. The van der Waals surface area contributed by atoms with Crippen molar-refractivity contribution in [3.63, 3.8) is 0 Å². The zero-order valence-electron chi connectivity index (χ0n) is 9.33. The molecule has 1 unspecified atom stereocenters. The highest BCUT2D eigenvalue weighted by Crippen LogP contribution is 2.31. The Labute approximate surface area is 89.1 Å². The number of aliphatic hydroxyl groups is 1. The molecule has 1 N–H and O–H groups in total. The molecule has 0 saturated carbocycles. The number of carbonyl (C=O) groups is 1. The predicted octanol–water partition coefficient (Wildman–Crippen LogP) is 2.07. The maximum Gasteiger partial charge on any atom is 0.168 e. The van der Waals surface area contributed by atoms with Gasteiger partial charge < -0.3 is 9.52 Å². The molecule has 0 aliphatic heterocycles. The van der Waals surface area contributed by atoms with Crippen molar-refractivity contribution >= 4 is 5.78 Å². The van der Waals surface area contributed by atoms with Gasteiger partial charge >= 0.3 is 0 Å². The molecule has 3 nitrogen and oxygen atoms in total. The Bertz CT molecular complexity index is 395. The molecule has 1 aromatic rings. The number of rotatable bonds is 0. The van der Waals surface area contributed by atoms with E-state index in [1.54, 1.807) is 0 Å². The van der Waals surface area contributed by atoms with Gasteiger partial charge in [-0.1, -0.05) is 20.8 Å². The van der Waals surface area contributed by atoms with E-state index in [9.17, 15) is 9.90 Å². The summed E-state index contributed by atoms with van der Waals surface area (Å²) in [4.78, 5) is 11.6. The van der Waals surface area contributed by atoms with Gasteiger partial charge in [0.2, 0.25) is 0 Å². The highest BCUT2D eigenvalue weighted by molar-refractivity contribution is 5.98. The molecule has 3 heteroatoms. The van der Waals surface area contributed by atoms with E-state index in [0.717, 1.165) is 5.76 Å². The number of fused-ring (bicyclic) bond motifs is 1. The molecule has 0 spiro atoms. The van der Waals surface area contributed by atoms with Crippen LogP contribution in [0.15, 0.2) is 10.5 Å². The fraction of sp³-hybridized carbons (Fsp3) is 0.583. The number of hydrogen-bond donors (Lipinski definition) is 1. The second-order valence-electron chi connectivity index (χ2n) is 5.18. The summed E-state index contributed by atoms with van der Waals surface area (Å²) in [6.07, 6.45) is 0.0942. The lowest BCUT2D eigenvalue weighted by Crippen LogP contribution is -2.22. The van der Waals surface area contributed by atoms with E-state index in [1.165, 1.54) is 0 Å². The van der Waals surface area contributed by atoms with Crippen LogP contribution in [0.2, 0.25) is 0 Å². The summed E-state index contributed by atoms with van der Waals surface area (Å²) in [5.41, 5.74) is 0.563. The van der Waals surface area contributed by atoms with Gasteiger partial charge in [-0.05, 0) is 6.07 Å². The molecule has 1 heterocycles. The maximum absolute atomic E-state index is 11.6. The smallest absolute Gasteiger partial charge is 0.168 e. The third-order valence-corrected chi connectivity index (χ3v) is 2.69. The molecule has 0 aromatic carbocycles. The molecule has 15 heavy (non-hydrogen) atoms.